The highest BCUT2D eigenvalue weighted by Crippen LogP contribution is 2.49. The van der Waals surface area contributed by atoms with Crippen LogP contribution in [0.4, 0.5) is 13.2 Å². The van der Waals surface area contributed by atoms with Gasteiger partial charge in [0.05, 0.1) is 15.5 Å². The molecule has 12 heteroatoms. The van der Waals surface area contributed by atoms with E-state index in [0.717, 1.165) is 4.57 Å². The molecule has 0 atom stereocenters. The summed E-state index contributed by atoms with van der Waals surface area (Å²) in [5.41, 5.74) is -2.37. The van der Waals surface area contributed by atoms with E-state index in [-0.39, 0.29) is 25.3 Å². The highest BCUT2D eigenvalue weighted by molar-refractivity contribution is 14.2. The van der Waals surface area contributed by atoms with Gasteiger partial charge in [0, 0.05) is 41.8 Å². The van der Waals surface area contributed by atoms with E-state index in [4.69, 9.17) is 4.18 Å². The number of halogens is 4. The average molecular weight is 532 g/mol. The number of aryl methyl sites for hydroxylation is 2. The van der Waals surface area contributed by atoms with Crippen molar-refractivity contribution >= 4 is 41.6 Å². The van der Waals surface area contributed by atoms with E-state index < -0.39 is 23.0 Å². The van der Waals surface area contributed by atoms with Gasteiger partial charge in [-0.2, -0.15) is 13.2 Å². The van der Waals surface area contributed by atoms with Gasteiger partial charge >= 0.3 is 11.9 Å². The lowest BCUT2D eigenvalue weighted by molar-refractivity contribution is -0.256. The fraction of sp³-hybridized carbons (Fsp3) is 0.688. The lowest BCUT2D eigenvalue weighted by atomic mass is 9.77. The van der Waals surface area contributed by atoms with Gasteiger partial charge in [0.1, 0.15) is 0 Å². The van der Waals surface area contributed by atoms with Crippen LogP contribution in [-0.2, 0) is 24.8 Å². The minimum Gasteiger partial charge on any atom is -0.328 e. The molecule has 0 unspecified atom stereocenters. The van der Waals surface area contributed by atoms with Crippen LogP contribution in [0.1, 0.15) is 32.1 Å². The Kier molecular flexibility index (Phi) is 6.21. The van der Waals surface area contributed by atoms with Crippen LogP contribution in [0, 0.1) is 5.92 Å². The third-order valence-electron chi connectivity index (χ3n) is 5.58. The van der Waals surface area contributed by atoms with Gasteiger partial charge in [0.15, 0.2) is 16.8 Å². The first-order valence-electron chi connectivity index (χ1n) is 8.75. The highest BCUT2D eigenvalue weighted by Gasteiger charge is 2.57. The monoisotopic (exact) mass is 532 g/mol. The zero-order valence-electron chi connectivity index (χ0n) is 15.3. The summed E-state index contributed by atoms with van der Waals surface area (Å²) in [5, 5.41) is 0. The number of nitrogens with zero attached hydrogens (tertiary/aromatic N) is 4. The number of fused-ring (bicyclic) bond motifs is 1. The predicted octanol–water partition coefficient (Wildman–Crippen LogP) is 3.33. The molecule has 2 aromatic rings. The van der Waals surface area contributed by atoms with Gasteiger partial charge in [-0.3, -0.25) is 18.1 Å². The molecule has 1 aliphatic rings. The maximum absolute atomic E-state index is 13.4. The second kappa shape index (κ2) is 8.01. The Morgan fingerprint density at radius 1 is 1.32 bits per heavy atom. The van der Waals surface area contributed by atoms with Crippen LogP contribution in [-0.4, -0.2) is 30.5 Å². The summed E-state index contributed by atoms with van der Waals surface area (Å²) >= 11 is 1.70. The largest absolute Gasteiger partial charge is 0.418 e. The molecule has 2 aromatic heterocycles. The Morgan fingerprint density at radius 3 is 2.54 bits per heavy atom. The summed E-state index contributed by atoms with van der Waals surface area (Å²) in [6.07, 6.45) is -2.06. The van der Waals surface area contributed by atoms with Gasteiger partial charge in [-0.05, 0) is 38.0 Å². The molecule has 28 heavy (non-hydrogen) atoms. The van der Waals surface area contributed by atoms with Crippen LogP contribution >= 0.6 is 30.4 Å². The number of rotatable bonds is 5. The smallest absolute Gasteiger partial charge is 0.328 e. The van der Waals surface area contributed by atoms with E-state index >= 15 is 0 Å². The molecule has 7 nitrogen and oxygen atoms in total. The topological polar surface area (TPSA) is 71.1 Å². The van der Waals surface area contributed by atoms with Gasteiger partial charge in [-0.15, -0.1) is 0 Å². The van der Waals surface area contributed by atoms with E-state index in [1.54, 1.807) is 39.9 Å². The molecule has 3 rings (SSSR count). The van der Waals surface area contributed by atoms with Gasteiger partial charge in [0.2, 0.25) is 0 Å². The van der Waals surface area contributed by atoms with Crippen molar-refractivity contribution in [1.82, 2.24) is 18.7 Å². The van der Waals surface area contributed by atoms with E-state index in [1.807, 2.05) is 0 Å². The Morgan fingerprint density at radius 2 is 1.96 bits per heavy atom. The van der Waals surface area contributed by atoms with Crippen molar-refractivity contribution in [2.24, 2.45) is 20.0 Å². The summed E-state index contributed by atoms with van der Waals surface area (Å²) in [5.74, 6) is -0.00266. The third-order valence-corrected chi connectivity index (χ3v) is 6.50. The third kappa shape index (κ3) is 3.74. The fourth-order valence-electron chi connectivity index (χ4n) is 3.81. The molecule has 0 amide bonds. The van der Waals surface area contributed by atoms with Crippen LogP contribution in [0.5, 0.6) is 0 Å². The lowest BCUT2D eigenvalue weighted by Gasteiger charge is -2.39. The Labute approximate surface area is 175 Å². The molecule has 156 valence electrons. The number of hydrogen-bond donors (Lipinski definition) is 0. The van der Waals surface area contributed by atoms with Crippen molar-refractivity contribution in [3.05, 3.63) is 27.2 Å². The summed E-state index contributed by atoms with van der Waals surface area (Å²) in [6.45, 7) is 0.165. The zero-order valence-corrected chi connectivity index (χ0v) is 18.3. The first-order valence-corrected chi connectivity index (χ1v) is 12.0. The molecular formula is C16H20F3IN4O3S. The van der Waals surface area contributed by atoms with Gasteiger partial charge in [0.25, 0.3) is 5.56 Å². The molecule has 1 fully saturated rings. The second-order valence-corrected chi connectivity index (χ2v) is 8.57. The molecule has 2 heterocycles. The van der Waals surface area contributed by atoms with Gasteiger partial charge in [-0.1, -0.05) is 0 Å². The van der Waals surface area contributed by atoms with Crippen LogP contribution in [0.15, 0.2) is 15.9 Å². The number of aromatic nitrogens is 4. The average Bonchev–Trinajstić information content (AvgIpc) is 3.02. The molecule has 0 bridgehead atoms. The quantitative estimate of drug-likeness (QED) is 0.437. The molecule has 1 saturated carbocycles. The normalized spacial score (nSPS) is 23.4. The van der Waals surface area contributed by atoms with Crippen molar-refractivity contribution < 1.29 is 17.4 Å². The van der Waals surface area contributed by atoms with E-state index in [9.17, 15) is 22.8 Å². The van der Waals surface area contributed by atoms with Crippen molar-refractivity contribution in [3.63, 3.8) is 0 Å². The minimum atomic E-state index is -4.42. The highest BCUT2D eigenvalue weighted by atomic mass is 127. The van der Waals surface area contributed by atoms with Crippen LogP contribution in [0.25, 0.3) is 11.2 Å². The fourth-order valence-corrected chi connectivity index (χ4v) is 5.23. The van der Waals surface area contributed by atoms with E-state index in [2.05, 4.69) is 4.98 Å². The van der Waals surface area contributed by atoms with E-state index in [0.29, 0.717) is 39.6 Å². The Bertz CT molecular complexity index is 976. The van der Waals surface area contributed by atoms with Gasteiger partial charge in [-0.25, -0.2) is 9.78 Å². The zero-order chi connectivity index (χ0) is 20.7. The maximum Gasteiger partial charge on any atom is 0.418 e. The Hall–Kier alpha value is -1.02. The molecule has 0 N–H and O–H groups in total. The minimum absolute atomic E-state index is 0.00266. The molecule has 0 aliphatic heterocycles. The van der Waals surface area contributed by atoms with Crippen molar-refractivity contribution in [2.45, 2.75) is 50.4 Å². The molecule has 0 radical (unpaired) electrons. The maximum atomic E-state index is 13.4. The summed E-state index contributed by atoms with van der Waals surface area (Å²) in [7, 11) is 3.93. The van der Waals surface area contributed by atoms with Gasteiger partial charge < -0.3 is 4.57 Å². The van der Waals surface area contributed by atoms with Crippen LogP contribution in [0.3, 0.4) is 0 Å². The molecule has 0 spiro atoms. The van der Waals surface area contributed by atoms with Crippen molar-refractivity contribution in [3.8, 4) is 0 Å². The predicted molar refractivity (Wildman–Crippen MR) is 108 cm³/mol. The molecular weight excluding hydrogens is 512 g/mol. The van der Waals surface area contributed by atoms with E-state index in [1.165, 1.54) is 10.9 Å². The Balaban J connectivity index is 1.75. The van der Waals surface area contributed by atoms with Crippen molar-refractivity contribution in [1.29, 1.82) is 0 Å². The molecule has 1 aliphatic carbocycles. The van der Waals surface area contributed by atoms with Crippen molar-refractivity contribution in [2.75, 3.05) is 0 Å². The first kappa shape index (κ1) is 21.7. The molecule has 0 saturated heterocycles. The standard InChI is InChI=1S/C16H20F3IN4O3S/c1-22-9-21-12-11(22)13(25)24(14(26)23(12)2)8-5-10-3-6-15(7-4-10,27-28-20)16(17,18)19/h9-10H,3-8H2,1-2H3. The number of alkyl halides is 3. The molecule has 0 aromatic carbocycles. The summed E-state index contributed by atoms with van der Waals surface area (Å²) in [6, 6.07) is 0. The number of hydrogen-bond acceptors (Lipinski definition) is 5. The lowest BCUT2D eigenvalue weighted by Crippen LogP contribution is -2.49. The SMILES string of the molecule is Cn1cnc2c1c(=O)n(CCC1CCC(OSI)(C(F)(F)F)CC1)c(=O)n2C. The summed E-state index contributed by atoms with van der Waals surface area (Å²) < 4.78 is 49.3. The second-order valence-electron chi connectivity index (χ2n) is 7.20. The first-order chi connectivity index (χ1) is 13.1. The van der Waals surface area contributed by atoms with Crippen LogP contribution < -0.4 is 11.2 Å². The van der Waals surface area contributed by atoms with Crippen LogP contribution in [0.2, 0.25) is 0 Å². The summed E-state index contributed by atoms with van der Waals surface area (Å²) in [4.78, 5) is 29.3. The number of imidazole rings is 1.